The van der Waals surface area contributed by atoms with Crippen molar-refractivity contribution >= 4 is 40.5 Å². The maximum Gasteiger partial charge on any atom is 0.256 e. The monoisotopic (exact) mass is 461 g/mol. The predicted molar refractivity (Wildman–Crippen MR) is 132 cm³/mol. The number of amides is 2. The second kappa shape index (κ2) is 9.92. The number of anilines is 2. The molecule has 0 aromatic heterocycles. The van der Waals surface area contributed by atoms with Gasteiger partial charge >= 0.3 is 0 Å². The molecule has 33 heavy (non-hydrogen) atoms. The number of carbonyl (C=O) groups excluding carboxylic acids is 2. The van der Waals surface area contributed by atoms with Crippen molar-refractivity contribution in [1.82, 2.24) is 4.90 Å². The molecule has 1 aliphatic rings. The molecule has 1 saturated heterocycles. The summed E-state index contributed by atoms with van der Waals surface area (Å²) in [7, 11) is 0. The van der Waals surface area contributed by atoms with Crippen LogP contribution in [0.3, 0.4) is 0 Å². The first-order valence-electron chi connectivity index (χ1n) is 10.7. The molecule has 1 fully saturated rings. The molecule has 0 aliphatic carbocycles. The quantitative estimate of drug-likeness (QED) is 0.518. The first kappa shape index (κ1) is 22.6. The third kappa shape index (κ3) is 5.26. The van der Waals surface area contributed by atoms with E-state index < -0.39 is 6.04 Å². The molecule has 168 valence electrons. The van der Waals surface area contributed by atoms with Crippen molar-refractivity contribution < 1.29 is 14.0 Å². The van der Waals surface area contributed by atoms with Gasteiger partial charge in [-0.25, -0.2) is 4.39 Å². The second-order valence-electron chi connectivity index (χ2n) is 8.00. The van der Waals surface area contributed by atoms with Gasteiger partial charge in [-0.05, 0) is 67.5 Å². The van der Waals surface area contributed by atoms with Crippen molar-refractivity contribution in [2.45, 2.75) is 25.8 Å². The van der Waals surface area contributed by atoms with Crippen LogP contribution in [0.1, 0.15) is 17.5 Å². The topological polar surface area (TPSA) is 52.7 Å². The number of carbonyl (C=O) groups is 2. The van der Waals surface area contributed by atoms with E-state index >= 15 is 0 Å². The van der Waals surface area contributed by atoms with Crippen LogP contribution in [0.5, 0.6) is 0 Å². The largest absolute Gasteiger partial charge is 0.336 e. The van der Waals surface area contributed by atoms with E-state index in [0.717, 1.165) is 11.1 Å². The van der Waals surface area contributed by atoms with E-state index in [1.807, 2.05) is 61.5 Å². The lowest BCUT2D eigenvalue weighted by Gasteiger charge is -2.24. The number of para-hydroxylation sites is 1. The Labute approximate surface area is 197 Å². The number of thiocarbonyl (C=S) groups is 1. The van der Waals surface area contributed by atoms with Crippen molar-refractivity contribution in [2.75, 3.05) is 16.8 Å². The Hall–Kier alpha value is -3.58. The maximum absolute atomic E-state index is 13.4. The fourth-order valence-electron chi connectivity index (χ4n) is 3.83. The summed E-state index contributed by atoms with van der Waals surface area (Å²) >= 11 is 5.67. The fourth-order valence-corrected chi connectivity index (χ4v) is 4.24. The molecule has 5 nitrogen and oxygen atoms in total. The molecule has 0 radical (unpaired) electrons. The summed E-state index contributed by atoms with van der Waals surface area (Å²) in [6.07, 6.45) is 0.534. The second-order valence-corrected chi connectivity index (χ2v) is 8.36. The van der Waals surface area contributed by atoms with E-state index in [1.54, 1.807) is 17.0 Å². The summed E-state index contributed by atoms with van der Waals surface area (Å²) in [6, 6.07) is 22.2. The number of rotatable bonds is 7. The fraction of sp³-hybridized carbons (Fsp3) is 0.192. The molecule has 1 heterocycles. The summed E-state index contributed by atoms with van der Waals surface area (Å²) in [5.41, 5.74) is 3.36. The molecule has 0 spiro atoms. The number of benzene rings is 3. The highest BCUT2D eigenvalue weighted by molar-refractivity contribution is 7.80. The van der Waals surface area contributed by atoms with E-state index in [-0.39, 0.29) is 24.1 Å². The number of nitrogens with zero attached hydrogens (tertiary/aromatic N) is 2. The Bertz CT molecular complexity index is 1150. The van der Waals surface area contributed by atoms with Crippen LogP contribution in [0.2, 0.25) is 0 Å². The van der Waals surface area contributed by atoms with Gasteiger partial charge in [0.05, 0.1) is 12.1 Å². The Balaban J connectivity index is 1.54. The minimum atomic E-state index is -0.719. The lowest BCUT2D eigenvalue weighted by atomic mass is 10.1. The highest BCUT2D eigenvalue weighted by Crippen LogP contribution is 2.27. The predicted octanol–water partition coefficient (Wildman–Crippen LogP) is 4.71. The van der Waals surface area contributed by atoms with Crippen LogP contribution in [-0.2, 0) is 16.0 Å². The Morgan fingerprint density at radius 3 is 2.33 bits per heavy atom. The van der Waals surface area contributed by atoms with Crippen LogP contribution in [0.4, 0.5) is 15.8 Å². The van der Waals surface area contributed by atoms with Gasteiger partial charge in [0.15, 0.2) is 5.11 Å². The smallest absolute Gasteiger partial charge is 0.256 e. The standard InChI is InChI=1S/C26H24FN3O2S/c1-18-7-13-21(14-8-18)28-24(31)17-23-25(32)30(22-5-3-2-4-6-22)26(33)29(23)16-15-19-9-11-20(27)12-10-19/h2-14,23H,15-17H2,1H3,(H,28,31). The molecule has 3 aromatic carbocycles. The van der Waals surface area contributed by atoms with Gasteiger partial charge in [-0.2, -0.15) is 0 Å². The molecular weight excluding hydrogens is 437 g/mol. The number of hydrogen-bond donors (Lipinski definition) is 1. The van der Waals surface area contributed by atoms with Crippen molar-refractivity contribution in [1.29, 1.82) is 0 Å². The van der Waals surface area contributed by atoms with Gasteiger partial charge < -0.3 is 10.2 Å². The molecule has 1 aliphatic heterocycles. The van der Waals surface area contributed by atoms with Crippen LogP contribution in [0.15, 0.2) is 78.9 Å². The van der Waals surface area contributed by atoms with Gasteiger partial charge in [0.1, 0.15) is 11.9 Å². The zero-order valence-corrected chi connectivity index (χ0v) is 19.0. The molecule has 1 N–H and O–H groups in total. The van der Waals surface area contributed by atoms with Crippen LogP contribution < -0.4 is 10.2 Å². The van der Waals surface area contributed by atoms with E-state index in [4.69, 9.17) is 12.2 Å². The molecule has 4 rings (SSSR count). The molecule has 0 bridgehead atoms. The summed E-state index contributed by atoms with van der Waals surface area (Å²) in [6.45, 7) is 2.41. The van der Waals surface area contributed by atoms with Crippen molar-refractivity contribution in [2.24, 2.45) is 0 Å². The van der Waals surface area contributed by atoms with E-state index in [0.29, 0.717) is 29.5 Å². The molecule has 1 unspecified atom stereocenters. The summed E-state index contributed by atoms with van der Waals surface area (Å²) in [4.78, 5) is 29.5. The molecule has 0 saturated carbocycles. The van der Waals surface area contributed by atoms with Gasteiger partial charge in [-0.3, -0.25) is 14.5 Å². The first-order valence-corrected chi connectivity index (χ1v) is 11.1. The first-order chi connectivity index (χ1) is 15.9. The number of aryl methyl sites for hydroxylation is 1. The number of hydrogen-bond acceptors (Lipinski definition) is 3. The summed E-state index contributed by atoms with van der Waals surface area (Å²) < 4.78 is 13.3. The molecule has 7 heteroatoms. The SMILES string of the molecule is Cc1ccc(NC(=O)CC2C(=O)N(c3ccccc3)C(=S)N2CCc2ccc(F)cc2)cc1. The maximum atomic E-state index is 13.4. The molecule has 3 aromatic rings. The van der Waals surface area contributed by atoms with Gasteiger partial charge in [0, 0.05) is 12.2 Å². The normalized spacial score (nSPS) is 15.8. The van der Waals surface area contributed by atoms with Crippen LogP contribution in [-0.4, -0.2) is 34.4 Å². The summed E-state index contributed by atoms with van der Waals surface area (Å²) in [5.74, 6) is -0.794. The van der Waals surface area contributed by atoms with Gasteiger partial charge in [0.25, 0.3) is 5.91 Å². The minimum Gasteiger partial charge on any atom is -0.336 e. The molecule has 1 atom stereocenters. The molecule has 2 amide bonds. The molecular formula is C26H24FN3O2S. The van der Waals surface area contributed by atoms with E-state index in [1.165, 1.54) is 17.0 Å². The van der Waals surface area contributed by atoms with Crippen molar-refractivity contribution in [3.05, 3.63) is 95.8 Å². The Morgan fingerprint density at radius 2 is 1.67 bits per heavy atom. The zero-order valence-electron chi connectivity index (χ0n) is 18.2. The average molecular weight is 462 g/mol. The lowest BCUT2D eigenvalue weighted by molar-refractivity contribution is -0.124. The number of nitrogens with one attached hydrogen (secondary N) is 1. The van der Waals surface area contributed by atoms with E-state index in [9.17, 15) is 14.0 Å². The van der Waals surface area contributed by atoms with Crippen LogP contribution in [0, 0.1) is 12.7 Å². The third-order valence-electron chi connectivity index (χ3n) is 5.60. The average Bonchev–Trinajstić information content (AvgIpc) is 3.04. The summed E-state index contributed by atoms with van der Waals surface area (Å²) in [5, 5.41) is 3.23. The van der Waals surface area contributed by atoms with Crippen molar-refractivity contribution in [3.63, 3.8) is 0 Å². The highest BCUT2D eigenvalue weighted by Gasteiger charge is 2.43. The Morgan fingerprint density at radius 1 is 1.00 bits per heavy atom. The van der Waals surface area contributed by atoms with E-state index in [2.05, 4.69) is 5.32 Å². The minimum absolute atomic E-state index is 0.0282. The zero-order chi connectivity index (χ0) is 23.4. The van der Waals surface area contributed by atoms with Gasteiger partial charge in [-0.15, -0.1) is 0 Å². The lowest BCUT2D eigenvalue weighted by Crippen LogP contribution is -2.39. The van der Waals surface area contributed by atoms with Gasteiger partial charge in [-0.1, -0.05) is 48.0 Å². The van der Waals surface area contributed by atoms with Crippen LogP contribution >= 0.6 is 12.2 Å². The van der Waals surface area contributed by atoms with Gasteiger partial charge in [0.2, 0.25) is 5.91 Å². The highest BCUT2D eigenvalue weighted by atomic mass is 32.1. The Kier molecular flexibility index (Phi) is 6.79. The van der Waals surface area contributed by atoms with Crippen LogP contribution in [0.25, 0.3) is 0 Å². The van der Waals surface area contributed by atoms with Crippen molar-refractivity contribution in [3.8, 4) is 0 Å². The number of halogens is 1. The third-order valence-corrected chi connectivity index (χ3v) is 6.02.